The van der Waals surface area contributed by atoms with Gasteiger partial charge in [-0.2, -0.15) is 0 Å². The third kappa shape index (κ3) is 2.21. The van der Waals surface area contributed by atoms with E-state index < -0.39 is 0 Å². The Balaban J connectivity index is 2.23. The van der Waals surface area contributed by atoms with E-state index >= 15 is 0 Å². The molecule has 0 aromatic heterocycles. The van der Waals surface area contributed by atoms with E-state index in [4.69, 9.17) is 0 Å². The Morgan fingerprint density at radius 3 is 2.20 bits per heavy atom. The van der Waals surface area contributed by atoms with Crippen molar-refractivity contribution in [1.82, 2.24) is 0 Å². The summed E-state index contributed by atoms with van der Waals surface area (Å²) in [5, 5.41) is 0. The van der Waals surface area contributed by atoms with Crippen molar-refractivity contribution in [2.75, 3.05) is 0 Å². The van der Waals surface area contributed by atoms with Crippen LogP contribution in [0.1, 0.15) is 35.2 Å². The summed E-state index contributed by atoms with van der Waals surface area (Å²) in [5.41, 5.74) is 2.56. The van der Waals surface area contributed by atoms with E-state index in [0.29, 0.717) is 12.0 Å². The number of allylic oxidation sites excluding steroid dienone is 1. The first kappa shape index (κ1) is 9.84. The van der Waals surface area contributed by atoms with Gasteiger partial charge in [-0.15, -0.1) is 0 Å². The number of ketones is 1. The molecule has 0 bridgehead atoms. The topological polar surface area (TPSA) is 34.1 Å². The Labute approximate surface area is 88.6 Å². The molecule has 0 radical (unpaired) electrons. The molecule has 1 aliphatic carbocycles. The summed E-state index contributed by atoms with van der Waals surface area (Å²) in [7, 11) is 0. The molecular formula is C13H12O2. The van der Waals surface area contributed by atoms with Crippen LogP contribution in [0.5, 0.6) is 0 Å². The van der Waals surface area contributed by atoms with E-state index in [1.165, 1.54) is 0 Å². The molecule has 1 aliphatic rings. The molecule has 76 valence electrons. The zero-order valence-corrected chi connectivity index (χ0v) is 8.40. The van der Waals surface area contributed by atoms with Crippen LogP contribution in [0, 0.1) is 0 Å². The zero-order chi connectivity index (χ0) is 10.7. The summed E-state index contributed by atoms with van der Waals surface area (Å²) in [4.78, 5) is 21.8. The summed E-state index contributed by atoms with van der Waals surface area (Å²) in [6, 6.07) is 7.25. The number of hydrogen-bond donors (Lipinski definition) is 0. The third-order valence-electron chi connectivity index (χ3n) is 2.62. The molecule has 0 spiro atoms. The van der Waals surface area contributed by atoms with Gasteiger partial charge >= 0.3 is 0 Å². The average Bonchev–Trinajstić information content (AvgIpc) is 2.66. The highest BCUT2D eigenvalue weighted by Gasteiger charge is 2.16. The Morgan fingerprint density at radius 1 is 1.00 bits per heavy atom. The molecule has 2 heteroatoms. The molecule has 1 fully saturated rings. The van der Waals surface area contributed by atoms with Crippen LogP contribution in [0.2, 0.25) is 0 Å². The smallest absolute Gasteiger partial charge is 0.158 e. The summed E-state index contributed by atoms with van der Waals surface area (Å²) in [5.74, 6) is 0.259. The quantitative estimate of drug-likeness (QED) is 0.543. The Hall–Kier alpha value is -1.70. The van der Waals surface area contributed by atoms with Gasteiger partial charge in [0.05, 0.1) is 0 Å². The second-order valence-corrected chi connectivity index (χ2v) is 3.73. The lowest BCUT2D eigenvalue weighted by atomic mass is 10.1. The summed E-state index contributed by atoms with van der Waals surface area (Å²) in [6.45, 7) is 0. The summed E-state index contributed by atoms with van der Waals surface area (Å²) < 4.78 is 0. The number of carbonyl (C=O) groups is 2. The van der Waals surface area contributed by atoms with Crippen LogP contribution in [-0.2, 0) is 4.79 Å². The molecule has 2 nitrogen and oxygen atoms in total. The summed E-state index contributed by atoms with van der Waals surface area (Å²) >= 11 is 0. The highest BCUT2D eigenvalue weighted by Crippen LogP contribution is 2.22. The molecule has 0 N–H and O–H groups in total. The van der Waals surface area contributed by atoms with Gasteiger partial charge in [-0.1, -0.05) is 24.3 Å². The Bertz CT molecular complexity index is 413. The van der Waals surface area contributed by atoms with Crippen molar-refractivity contribution in [1.29, 1.82) is 0 Å². The van der Waals surface area contributed by atoms with Gasteiger partial charge in [0.15, 0.2) is 5.78 Å². The molecule has 0 unspecified atom stereocenters. The van der Waals surface area contributed by atoms with Crippen LogP contribution in [0.3, 0.4) is 0 Å². The molecule has 15 heavy (non-hydrogen) atoms. The number of aldehydes is 1. The number of Topliss-reactive ketones (excluding diaryl/α,β-unsaturated/α-hetero) is 1. The minimum absolute atomic E-state index is 0.259. The van der Waals surface area contributed by atoms with Gasteiger partial charge in [0.25, 0.3) is 0 Å². The second-order valence-electron chi connectivity index (χ2n) is 3.73. The lowest BCUT2D eigenvalue weighted by Crippen LogP contribution is -1.90. The van der Waals surface area contributed by atoms with Crippen LogP contribution < -0.4 is 0 Å². The van der Waals surface area contributed by atoms with E-state index in [2.05, 4.69) is 0 Å². The van der Waals surface area contributed by atoms with E-state index in [1.807, 2.05) is 18.2 Å². The van der Waals surface area contributed by atoms with Crippen molar-refractivity contribution in [3.05, 3.63) is 41.0 Å². The fraction of sp³-hybridized carbons (Fsp3) is 0.231. The van der Waals surface area contributed by atoms with Gasteiger partial charge in [-0.3, -0.25) is 9.59 Å². The Morgan fingerprint density at radius 2 is 1.67 bits per heavy atom. The van der Waals surface area contributed by atoms with Crippen LogP contribution in [0.25, 0.3) is 6.08 Å². The molecule has 2 rings (SSSR count). The SMILES string of the molecule is O=Cc1ccc(C=C2CCCC2=O)cc1. The monoisotopic (exact) mass is 200 g/mol. The predicted molar refractivity (Wildman–Crippen MR) is 58.7 cm³/mol. The van der Waals surface area contributed by atoms with Crippen molar-refractivity contribution in [3.8, 4) is 0 Å². The van der Waals surface area contributed by atoms with Crippen molar-refractivity contribution in [2.24, 2.45) is 0 Å². The molecule has 0 atom stereocenters. The zero-order valence-electron chi connectivity index (χ0n) is 8.40. The third-order valence-corrected chi connectivity index (χ3v) is 2.62. The highest BCUT2D eigenvalue weighted by atomic mass is 16.1. The number of hydrogen-bond acceptors (Lipinski definition) is 2. The van der Waals surface area contributed by atoms with Gasteiger partial charge in [0, 0.05) is 12.0 Å². The van der Waals surface area contributed by atoms with Crippen molar-refractivity contribution < 1.29 is 9.59 Å². The van der Waals surface area contributed by atoms with Crippen LogP contribution in [0.4, 0.5) is 0 Å². The normalized spacial score (nSPS) is 18.4. The number of carbonyl (C=O) groups excluding carboxylic acids is 2. The van der Waals surface area contributed by atoms with Crippen LogP contribution >= 0.6 is 0 Å². The molecule has 0 amide bonds. The lowest BCUT2D eigenvalue weighted by molar-refractivity contribution is -0.114. The van der Waals surface area contributed by atoms with Crippen molar-refractivity contribution in [3.63, 3.8) is 0 Å². The first-order valence-corrected chi connectivity index (χ1v) is 5.08. The van der Waals surface area contributed by atoms with E-state index in [1.54, 1.807) is 12.1 Å². The van der Waals surface area contributed by atoms with Gasteiger partial charge in [0.1, 0.15) is 6.29 Å². The number of rotatable bonds is 2. The van der Waals surface area contributed by atoms with Gasteiger partial charge in [0.2, 0.25) is 0 Å². The maximum atomic E-state index is 11.4. The maximum Gasteiger partial charge on any atom is 0.158 e. The van der Waals surface area contributed by atoms with Crippen molar-refractivity contribution >= 4 is 18.1 Å². The lowest BCUT2D eigenvalue weighted by Gasteiger charge is -1.96. The molecule has 0 heterocycles. The van der Waals surface area contributed by atoms with E-state index in [-0.39, 0.29) is 5.78 Å². The van der Waals surface area contributed by atoms with Gasteiger partial charge in [-0.05, 0) is 30.1 Å². The predicted octanol–water partition coefficient (Wildman–Crippen LogP) is 2.64. The molecule has 0 saturated heterocycles. The van der Waals surface area contributed by atoms with Gasteiger partial charge < -0.3 is 0 Å². The fourth-order valence-electron chi connectivity index (χ4n) is 1.76. The number of benzene rings is 1. The molecule has 1 aromatic carbocycles. The molecule has 1 saturated carbocycles. The van der Waals surface area contributed by atoms with Crippen LogP contribution in [-0.4, -0.2) is 12.1 Å². The maximum absolute atomic E-state index is 11.4. The van der Waals surface area contributed by atoms with E-state index in [9.17, 15) is 9.59 Å². The average molecular weight is 200 g/mol. The summed E-state index contributed by atoms with van der Waals surface area (Å²) in [6.07, 6.45) is 5.27. The first-order chi connectivity index (χ1) is 7.29. The van der Waals surface area contributed by atoms with Crippen LogP contribution in [0.15, 0.2) is 29.8 Å². The Kier molecular flexibility index (Phi) is 2.77. The standard InChI is InChI=1S/C13H12O2/c14-9-11-6-4-10(5-7-11)8-12-2-1-3-13(12)15/h4-9H,1-3H2. The highest BCUT2D eigenvalue weighted by molar-refractivity contribution is 6.01. The second kappa shape index (κ2) is 4.22. The minimum Gasteiger partial charge on any atom is -0.298 e. The van der Waals surface area contributed by atoms with Crippen molar-refractivity contribution in [2.45, 2.75) is 19.3 Å². The molecule has 1 aromatic rings. The minimum atomic E-state index is 0.259. The fourth-order valence-corrected chi connectivity index (χ4v) is 1.76. The first-order valence-electron chi connectivity index (χ1n) is 5.08. The molecule has 0 aliphatic heterocycles. The molecular weight excluding hydrogens is 188 g/mol. The van der Waals surface area contributed by atoms with E-state index in [0.717, 1.165) is 30.3 Å². The van der Waals surface area contributed by atoms with Gasteiger partial charge in [-0.25, -0.2) is 0 Å². The largest absolute Gasteiger partial charge is 0.298 e.